The van der Waals surface area contributed by atoms with Gasteiger partial charge in [-0.1, -0.05) is 6.07 Å². The fraction of sp³-hybridized carbons (Fsp3) is 0.364. The lowest BCUT2D eigenvalue weighted by Gasteiger charge is -1.98. The van der Waals surface area contributed by atoms with Crippen molar-refractivity contribution in [3.8, 4) is 0 Å². The lowest BCUT2D eigenvalue weighted by molar-refractivity contribution is 0.0922. The van der Waals surface area contributed by atoms with Gasteiger partial charge in [0, 0.05) is 6.20 Å². The normalized spacial score (nSPS) is 10.9. The minimum atomic E-state index is -0.421. The maximum Gasteiger partial charge on any atom is 0.357 e. The summed E-state index contributed by atoms with van der Waals surface area (Å²) in [6, 6.07) is 5.18. The maximum atomic E-state index is 11.9. The van der Waals surface area contributed by atoms with E-state index in [0.717, 1.165) is 16.9 Å². The first-order chi connectivity index (χ1) is 8.74. The van der Waals surface area contributed by atoms with Crippen LogP contribution in [0.5, 0.6) is 0 Å². The number of thioether (sulfide) groups is 1. The van der Waals surface area contributed by atoms with Crippen molar-refractivity contribution < 1.29 is 4.79 Å². The van der Waals surface area contributed by atoms with Gasteiger partial charge in [0.15, 0.2) is 5.65 Å². The van der Waals surface area contributed by atoms with Crippen molar-refractivity contribution in [1.29, 1.82) is 0 Å². The number of fused-ring (bicyclic) bond motifs is 1. The van der Waals surface area contributed by atoms with Crippen molar-refractivity contribution in [3.05, 3.63) is 34.9 Å². The second kappa shape index (κ2) is 5.83. The first kappa shape index (κ1) is 12.8. The summed E-state index contributed by atoms with van der Waals surface area (Å²) < 4.78 is 2.27. The van der Waals surface area contributed by atoms with Gasteiger partial charge in [-0.2, -0.15) is 11.8 Å². The molecule has 0 unspecified atom stereocenters. The summed E-state index contributed by atoms with van der Waals surface area (Å²) in [6.45, 7) is 0.607. The number of hydrogen-bond donors (Lipinski definition) is 1. The molecule has 2 aromatic rings. The number of rotatable bonds is 5. The third kappa shape index (κ3) is 2.62. The van der Waals surface area contributed by atoms with Crippen molar-refractivity contribution >= 4 is 23.3 Å². The number of nitrogens with two attached hydrogens (primary N) is 1. The van der Waals surface area contributed by atoms with Crippen molar-refractivity contribution in [2.75, 3.05) is 18.1 Å². The molecule has 0 atom stereocenters. The van der Waals surface area contributed by atoms with Crippen molar-refractivity contribution in [2.24, 2.45) is 5.73 Å². The Morgan fingerprint density at radius 2 is 2.28 bits per heavy atom. The predicted molar refractivity (Wildman–Crippen MR) is 71.1 cm³/mol. The Bertz CT molecular complexity index is 604. The second-order valence-corrected chi connectivity index (χ2v) is 4.82. The molecular formula is C11H14N4O2S. The Morgan fingerprint density at radius 3 is 3.00 bits per heavy atom. The number of aromatic nitrogens is 3. The molecule has 0 aromatic carbocycles. The molecule has 2 aromatic heterocycles. The summed E-state index contributed by atoms with van der Waals surface area (Å²) in [4.78, 5) is 23.7. The van der Waals surface area contributed by atoms with E-state index >= 15 is 0 Å². The summed E-state index contributed by atoms with van der Waals surface area (Å²) in [5.41, 5.74) is 5.42. The number of carbonyl (C=O) groups excluding carboxylic acids is 1. The minimum Gasteiger partial charge on any atom is -0.330 e. The van der Waals surface area contributed by atoms with Crippen LogP contribution in [-0.2, 0) is 0 Å². The predicted octanol–water partition coefficient (Wildman–Crippen LogP) is 0.218. The van der Waals surface area contributed by atoms with Gasteiger partial charge in [0.05, 0.1) is 5.75 Å². The number of hydrogen-bond acceptors (Lipinski definition) is 5. The van der Waals surface area contributed by atoms with Crippen LogP contribution in [0.15, 0.2) is 29.2 Å². The van der Waals surface area contributed by atoms with E-state index in [-0.39, 0.29) is 11.7 Å². The summed E-state index contributed by atoms with van der Waals surface area (Å²) in [6.07, 6.45) is 2.45. The Balaban J connectivity index is 2.13. The van der Waals surface area contributed by atoms with E-state index in [1.54, 1.807) is 24.4 Å². The first-order valence-electron chi connectivity index (χ1n) is 5.61. The Hall–Kier alpha value is -1.60. The highest BCUT2D eigenvalue weighted by Crippen LogP contribution is 2.03. The molecule has 0 aliphatic heterocycles. The van der Waals surface area contributed by atoms with E-state index in [2.05, 4.69) is 5.10 Å². The van der Waals surface area contributed by atoms with Crippen LogP contribution in [-0.4, -0.2) is 38.1 Å². The van der Waals surface area contributed by atoms with E-state index in [9.17, 15) is 9.59 Å². The van der Waals surface area contributed by atoms with Gasteiger partial charge in [0.1, 0.15) is 0 Å². The fourth-order valence-electron chi connectivity index (χ4n) is 1.49. The molecule has 2 N–H and O–H groups in total. The van der Waals surface area contributed by atoms with E-state index in [1.165, 1.54) is 16.2 Å². The largest absolute Gasteiger partial charge is 0.357 e. The lowest BCUT2D eigenvalue weighted by Crippen LogP contribution is -2.28. The zero-order valence-electron chi connectivity index (χ0n) is 9.78. The minimum absolute atomic E-state index is 0.240. The van der Waals surface area contributed by atoms with Crippen LogP contribution in [0.1, 0.15) is 11.2 Å². The molecule has 0 radical (unpaired) electrons. The van der Waals surface area contributed by atoms with Crippen LogP contribution >= 0.6 is 11.8 Å². The van der Waals surface area contributed by atoms with Crippen molar-refractivity contribution in [3.63, 3.8) is 0 Å². The van der Waals surface area contributed by atoms with Gasteiger partial charge in [-0.15, -0.1) is 9.78 Å². The SMILES string of the molecule is NCCCSCC(=O)n1nc2ccccn2c1=O. The number of pyridine rings is 1. The third-order valence-corrected chi connectivity index (χ3v) is 3.41. The molecule has 7 heteroatoms. The van der Waals surface area contributed by atoms with Gasteiger partial charge < -0.3 is 5.73 Å². The average molecular weight is 266 g/mol. The average Bonchev–Trinajstić information content (AvgIpc) is 2.73. The van der Waals surface area contributed by atoms with Gasteiger partial charge in [0.2, 0.25) is 0 Å². The third-order valence-electron chi connectivity index (χ3n) is 2.38. The van der Waals surface area contributed by atoms with E-state index in [0.29, 0.717) is 12.2 Å². The Kier molecular flexibility index (Phi) is 4.16. The molecule has 0 amide bonds. The van der Waals surface area contributed by atoms with E-state index in [4.69, 9.17) is 5.73 Å². The first-order valence-corrected chi connectivity index (χ1v) is 6.77. The molecule has 0 saturated carbocycles. The van der Waals surface area contributed by atoms with Gasteiger partial charge in [-0.05, 0) is 30.9 Å². The summed E-state index contributed by atoms with van der Waals surface area (Å²) >= 11 is 1.46. The Morgan fingerprint density at radius 1 is 1.44 bits per heavy atom. The van der Waals surface area contributed by atoms with Gasteiger partial charge in [-0.25, -0.2) is 9.20 Å². The zero-order chi connectivity index (χ0) is 13.0. The maximum absolute atomic E-state index is 11.9. The molecule has 96 valence electrons. The zero-order valence-corrected chi connectivity index (χ0v) is 10.6. The molecule has 0 bridgehead atoms. The van der Waals surface area contributed by atoms with Crippen LogP contribution < -0.4 is 11.4 Å². The van der Waals surface area contributed by atoms with Crippen LogP contribution in [0.3, 0.4) is 0 Å². The molecule has 6 nitrogen and oxygen atoms in total. The van der Waals surface area contributed by atoms with Crippen LogP contribution in [0, 0.1) is 0 Å². The monoisotopic (exact) mass is 266 g/mol. The van der Waals surface area contributed by atoms with Crippen LogP contribution in [0.25, 0.3) is 5.65 Å². The summed E-state index contributed by atoms with van der Waals surface area (Å²) in [5, 5.41) is 3.99. The highest BCUT2D eigenvalue weighted by atomic mass is 32.2. The van der Waals surface area contributed by atoms with E-state index < -0.39 is 5.69 Å². The van der Waals surface area contributed by atoms with Crippen molar-refractivity contribution in [2.45, 2.75) is 6.42 Å². The molecule has 0 saturated heterocycles. The smallest absolute Gasteiger partial charge is 0.330 e. The van der Waals surface area contributed by atoms with Crippen molar-refractivity contribution in [1.82, 2.24) is 14.2 Å². The van der Waals surface area contributed by atoms with Crippen LogP contribution in [0.4, 0.5) is 0 Å². The molecule has 0 aliphatic carbocycles. The van der Waals surface area contributed by atoms with Crippen LogP contribution in [0.2, 0.25) is 0 Å². The molecular weight excluding hydrogens is 252 g/mol. The van der Waals surface area contributed by atoms with E-state index in [1.807, 2.05) is 0 Å². The van der Waals surface area contributed by atoms with Gasteiger partial charge >= 0.3 is 5.69 Å². The fourth-order valence-corrected chi connectivity index (χ4v) is 2.31. The summed E-state index contributed by atoms with van der Waals surface area (Å²) in [7, 11) is 0. The van der Waals surface area contributed by atoms with Gasteiger partial charge in [-0.3, -0.25) is 4.79 Å². The Labute approximate surface area is 108 Å². The standard InChI is InChI=1S/C11H14N4O2S/c12-5-3-7-18-8-10(16)15-11(17)14-6-2-1-4-9(14)13-15/h1-2,4,6H,3,5,7-8,12H2. The number of nitrogens with zero attached hydrogens (tertiary/aromatic N) is 3. The molecule has 2 heterocycles. The molecule has 2 rings (SSSR count). The lowest BCUT2D eigenvalue weighted by atomic mass is 10.5. The summed E-state index contributed by atoms with van der Waals surface area (Å²) in [5.74, 6) is 0.749. The second-order valence-electron chi connectivity index (χ2n) is 3.71. The highest BCUT2D eigenvalue weighted by Gasteiger charge is 2.12. The number of carbonyl (C=O) groups is 1. The molecule has 0 fully saturated rings. The molecule has 0 spiro atoms. The quantitative estimate of drug-likeness (QED) is 0.783. The highest BCUT2D eigenvalue weighted by molar-refractivity contribution is 7.99. The van der Waals surface area contributed by atoms with Gasteiger partial charge in [0.25, 0.3) is 5.91 Å². The molecule has 18 heavy (non-hydrogen) atoms. The topological polar surface area (TPSA) is 82.4 Å². The molecule has 0 aliphatic rings.